The van der Waals surface area contributed by atoms with E-state index in [9.17, 15) is 9.90 Å². The Morgan fingerprint density at radius 2 is 1.96 bits per heavy atom. The van der Waals surface area contributed by atoms with Crippen LogP contribution in [0.4, 0.5) is 0 Å². The Morgan fingerprint density at radius 1 is 1.30 bits per heavy atom. The van der Waals surface area contributed by atoms with Crippen molar-refractivity contribution in [2.75, 3.05) is 7.11 Å². The van der Waals surface area contributed by atoms with Crippen molar-refractivity contribution in [1.29, 1.82) is 0 Å². The van der Waals surface area contributed by atoms with Gasteiger partial charge in [0.25, 0.3) is 0 Å². The molecule has 0 heterocycles. The first-order valence-electron chi connectivity index (χ1n) is 8.45. The maximum absolute atomic E-state index is 12.2. The summed E-state index contributed by atoms with van der Waals surface area (Å²) in [5, 5.41) is 9.22. The zero-order chi connectivity index (χ0) is 16.7. The lowest BCUT2D eigenvalue weighted by atomic mass is 9.87. The Balaban J connectivity index is 2.08. The largest absolute Gasteiger partial charge is 0.469 e. The van der Waals surface area contributed by atoms with E-state index in [2.05, 4.69) is 11.8 Å². The Kier molecular flexibility index (Phi) is 6.67. The van der Waals surface area contributed by atoms with Crippen molar-refractivity contribution in [3.63, 3.8) is 0 Å². The van der Waals surface area contributed by atoms with Crippen LogP contribution in [0.3, 0.4) is 0 Å². The highest BCUT2D eigenvalue weighted by Gasteiger charge is 2.27. The second kappa shape index (κ2) is 8.74. The summed E-state index contributed by atoms with van der Waals surface area (Å²) in [6.07, 6.45) is 5.92. The average Bonchev–Trinajstić information content (AvgIpc) is 3.05. The van der Waals surface area contributed by atoms with Gasteiger partial charge in [-0.05, 0) is 37.0 Å². The fourth-order valence-corrected chi connectivity index (χ4v) is 3.19. The third-order valence-electron chi connectivity index (χ3n) is 4.47. The van der Waals surface area contributed by atoms with Gasteiger partial charge in [-0.3, -0.25) is 4.79 Å². The molecule has 0 spiro atoms. The standard InChI is InChI=1S/C20H26O3/c1-15(21)6-5-9-16-10-12-18(13-11-16)19(20(22)23-2)14-17-7-3-4-8-17/h10-13,15,17,19,21H,3-4,6-8,14H2,1-2H3. The lowest BCUT2D eigenvalue weighted by Gasteiger charge is -2.19. The maximum atomic E-state index is 12.2. The highest BCUT2D eigenvalue weighted by molar-refractivity contribution is 5.78. The zero-order valence-corrected chi connectivity index (χ0v) is 14.0. The average molecular weight is 314 g/mol. The van der Waals surface area contributed by atoms with Crippen molar-refractivity contribution in [3.8, 4) is 11.8 Å². The molecule has 1 aromatic rings. The van der Waals surface area contributed by atoms with Crippen LogP contribution in [0.1, 0.15) is 62.5 Å². The first-order valence-corrected chi connectivity index (χ1v) is 8.45. The molecule has 0 aromatic heterocycles. The number of carbonyl (C=O) groups is 1. The summed E-state index contributed by atoms with van der Waals surface area (Å²) < 4.78 is 5.00. The number of aliphatic hydroxyl groups is 1. The van der Waals surface area contributed by atoms with Crippen LogP contribution < -0.4 is 0 Å². The molecule has 3 heteroatoms. The summed E-state index contributed by atoms with van der Waals surface area (Å²) in [6, 6.07) is 7.83. The van der Waals surface area contributed by atoms with Crippen molar-refractivity contribution >= 4 is 5.97 Å². The van der Waals surface area contributed by atoms with Gasteiger partial charge in [0.1, 0.15) is 0 Å². The molecule has 124 valence electrons. The number of ether oxygens (including phenoxy) is 1. The Bertz CT molecular complexity index is 557. The molecule has 1 saturated carbocycles. The van der Waals surface area contributed by atoms with Crippen LogP contribution >= 0.6 is 0 Å². The van der Waals surface area contributed by atoms with Crippen LogP contribution in [0.15, 0.2) is 24.3 Å². The molecule has 0 amide bonds. The van der Waals surface area contributed by atoms with Gasteiger partial charge in [0.15, 0.2) is 0 Å². The van der Waals surface area contributed by atoms with E-state index in [1.54, 1.807) is 6.92 Å². The fraction of sp³-hybridized carbons (Fsp3) is 0.550. The van der Waals surface area contributed by atoms with Gasteiger partial charge in [-0.1, -0.05) is 49.7 Å². The van der Waals surface area contributed by atoms with Gasteiger partial charge in [0, 0.05) is 12.0 Å². The van der Waals surface area contributed by atoms with Crippen molar-refractivity contribution in [2.24, 2.45) is 5.92 Å². The van der Waals surface area contributed by atoms with Crippen LogP contribution in [0.5, 0.6) is 0 Å². The third kappa shape index (κ3) is 5.41. The van der Waals surface area contributed by atoms with Gasteiger partial charge in [0.2, 0.25) is 0 Å². The van der Waals surface area contributed by atoms with E-state index < -0.39 is 6.10 Å². The number of carbonyl (C=O) groups excluding carboxylic acids is 1. The smallest absolute Gasteiger partial charge is 0.313 e. The Hall–Kier alpha value is -1.79. The number of methoxy groups -OCH3 is 1. The fourth-order valence-electron chi connectivity index (χ4n) is 3.19. The minimum atomic E-state index is -0.406. The number of esters is 1. The van der Waals surface area contributed by atoms with E-state index >= 15 is 0 Å². The molecule has 2 unspecified atom stereocenters. The summed E-state index contributed by atoms with van der Waals surface area (Å²) in [7, 11) is 1.46. The number of hydrogen-bond donors (Lipinski definition) is 1. The lowest BCUT2D eigenvalue weighted by molar-refractivity contribution is -0.142. The molecular formula is C20H26O3. The predicted octanol–water partition coefficient (Wildman–Crippen LogP) is 3.65. The summed E-state index contributed by atoms with van der Waals surface area (Å²) in [5.41, 5.74) is 1.91. The van der Waals surface area contributed by atoms with E-state index in [4.69, 9.17) is 4.74 Å². The van der Waals surface area contributed by atoms with Crippen LogP contribution in [0.25, 0.3) is 0 Å². The second-order valence-corrected chi connectivity index (χ2v) is 6.44. The van der Waals surface area contributed by atoms with Crippen LogP contribution in [0.2, 0.25) is 0 Å². The van der Waals surface area contributed by atoms with Gasteiger partial charge in [0.05, 0.1) is 19.1 Å². The molecule has 2 rings (SSSR count). The van der Waals surface area contributed by atoms with Gasteiger partial charge in [-0.25, -0.2) is 0 Å². The maximum Gasteiger partial charge on any atom is 0.313 e. The number of aliphatic hydroxyl groups excluding tert-OH is 1. The zero-order valence-electron chi connectivity index (χ0n) is 14.0. The first-order chi connectivity index (χ1) is 11.1. The second-order valence-electron chi connectivity index (χ2n) is 6.44. The minimum absolute atomic E-state index is 0.148. The first kappa shape index (κ1) is 17.6. The number of rotatable bonds is 5. The normalized spacial score (nSPS) is 17.2. The Morgan fingerprint density at radius 3 is 2.52 bits per heavy atom. The van der Waals surface area contributed by atoms with E-state index in [1.165, 1.54) is 32.8 Å². The molecule has 0 bridgehead atoms. The SMILES string of the molecule is COC(=O)C(CC1CCCC1)c1ccc(C#CCC(C)O)cc1. The summed E-state index contributed by atoms with van der Waals surface area (Å²) in [6.45, 7) is 1.72. The predicted molar refractivity (Wildman–Crippen MR) is 90.9 cm³/mol. The van der Waals surface area contributed by atoms with Crippen molar-refractivity contribution in [3.05, 3.63) is 35.4 Å². The highest BCUT2D eigenvalue weighted by Crippen LogP contribution is 2.34. The lowest BCUT2D eigenvalue weighted by Crippen LogP contribution is -2.17. The molecular weight excluding hydrogens is 288 g/mol. The van der Waals surface area contributed by atoms with Gasteiger partial charge in [-0.15, -0.1) is 0 Å². The molecule has 3 nitrogen and oxygen atoms in total. The van der Waals surface area contributed by atoms with Crippen LogP contribution in [-0.4, -0.2) is 24.3 Å². The van der Waals surface area contributed by atoms with Gasteiger partial charge >= 0.3 is 5.97 Å². The van der Waals surface area contributed by atoms with E-state index in [-0.39, 0.29) is 11.9 Å². The summed E-state index contributed by atoms with van der Waals surface area (Å²) in [5.74, 6) is 6.29. The third-order valence-corrected chi connectivity index (χ3v) is 4.47. The molecule has 1 fully saturated rings. The molecule has 1 N–H and O–H groups in total. The monoisotopic (exact) mass is 314 g/mol. The van der Waals surface area contributed by atoms with Crippen molar-refractivity contribution in [2.45, 2.75) is 57.5 Å². The highest BCUT2D eigenvalue weighted by atomic mass is 16.5. The topological polar surface area (TPSA) is 46.5 Å². The molecule has 1 aliphatic rings. The van der Waals surface area contributed by atoms with Crippen molar-refractivity contribution < 1.29 is 14.6 Å². The Labute approximate surface area is 139 Å². The van der Waals surface area contributed by atoms with Gasteiger partial charge < -0.3 is 9.84 Å². The summed E-state index contributed by atoms with van der Waals surface area (Å²) >= 11 is 0. The quantitative estimate of drug-likeness (QED) is 0.666. The van der Waals surface area contributed by atoms with Gasteiger partial charge in [-0.2, -0.15) is 0 Å². The molecule has 0 aliphatic heterocycles. The molecule has 0 radical (unpaired) electrons. The number of benzene rings is 1. The molecule has 1 aromatic carbocycles. The molecule has 0 saturated heterocycles. The molecule has 1 aliphatic carbocycles. The van der Waals surface area contributed by atoms with E-state index in [1.807, 2.05) is 24.3 Å². The number of hydrogen-bond acceptors (Lipinski definition) is 3. The van der Waals surface area contributed by atoms with E-state index in [0.29, 0.717) is 12.3 Å². The molecule has 2 atom stereocenters. The van der Waals surface area contributed by atoms with Crippen LogP contribution in [0, 0.1) is 17.8 Å². The van der Waals surface area contributed by atoms with Crippen molar-refractivity contribution in [1.82, 2.24) is 0 Å². The minimum Gasteiger partial charge on any atom is -0.469 e. The van der Waals surface area contributed by atoms with E-state index in [0.717, 1.165) is 17.5 Å². The molecule has 23 heavy (non-hydrogen) atoms. The summed E-state index contributed by atoms with van der Waals surface area (Å²) in [4.78, 5) is 12.2. The van der Waals surface area contributed by atoms with Crippen LogP contribution in [-0.2, 0) is 9.53 Å².